The lowest BCUT2D eigenvalue weighted by Crippen LogP contribution is -2.46. The summed E-state index contributed by atoms with van der Waals surface area (Å²) in [5.41, 5.74) is 13.4. The fraction of sp³-hybridized carbons (Fsp3) is 0.289. The maximum Gasteiger partial charge on any atom is 0.273 e. The summed E-state index contributed by atoms with van der Waals surface area (Å²) < 4.78 is 41.4. The average molecular weight is 1620 g/mol. The number of halogens is 5. The minimum absolute atomic E-state index is 0.0121. The van der Waals surface area contributed by atoms with Crippen molar-refractivity contribution in [2.24, 2.45) is 11.8 Å². The monoisotopic (exact) mass is 1620 g/mol. The molecule has 3 aromatic heterocycles. The van der Waals surface area contributed by atoms with Gasteiger partial charge in [-0.15, -0.1) is 0 Å². The van der Waals surface area contributed by atoms with Crippen LogP contribution in [0.2, 0.25) is 5.15 Å². The molecule has 0 aliphatic carbocycles. The van der Waals surface area contributed by atoms with Crippen molar-refractivity contribution in [3.63, 3.8) is 0 Å². The van der Waals surface area contributed by atoms with E-state index in [1.54, 1.807) is 96.3 Å². The number of carbonyl (C=O) groups is 6. The van der Waals surface area contributed by atoms with Crippen LogP contribution in [0.5, 0.6) is 0 Å². The zero-order valence-corrected chi connectivity index (χ0v) is 70.4. The summed E-state index contributed by atoms with van der Waals surface area (Å²) in [7, 11) is 0. The molecule has 117 heavy (non-hydrogen) atoms. The van der Waals surface area contributed by atoms with Crippen molar-refractivity contribution >= 4 is 80.7 Å². The van der Waals surface area contributed by atoms with Crippen LogP contribution in [0, 0.1) is 43.1 Å². The van der Waals surface area contributed by atoms with Gasteiger partial charge in [0.05, 0.1) is 34.7 Å². The van der Waals surface area contributed by atoms with Crippen molar-refractivity contribution in [2.75, 3.05) is 34.4 Å². The summed E-state index contributed by atoms with van der Waals surface area (Å²) in [6, 6.07) is 67.1. The normalized spacial score (nSPS) is 15.3. The molecule has 0 unspecified atom stereocenters. The van der Waals surface area contributed by atoms with Crippen LogP contribution in [0.15, 0.2) is 249 Å². The number of likely N-dealkylation sites (tertiary alicyclic amines) is 1. The van der Waals surface area contributed by atoms with E-state index in [2.05, 4.69) is 131 Å². The van der Waals surface area contributed by atoms with Crippen LogP contribution in [0.25, 0.3) is 11.3 Å². The highest BCUT2D eigenvalue weighted by atomic mass is 35.5. The van der Waals surface area contributed by atoms with Gasteiger partial charge >= 0.3 is 0 Å². The molecule has 5 N–H and O–H groups in total. The number of rotatable bonds is 13. The number of pyridine rings is 3. The van der Waals surface area contributed by atoms with Crippen LogP contribution in [-0.2, 0) is 31.2 Å². The van der Waals surface area contributed by atoms with Gasteiger partial charge in [-0.2, -0.15) is 0 Å². The van der Waals surface area contributed by atoms with Gasteiger partial charge in [0.25, 0.3) is 23.0 Å². The van der Waals surface area contributed by atoms with E-state index in [0.29, 0.717) is 64.3 Å². The zero-order valence-electron chi connectivity index (χ0n) is 68.9. The van der Waals surface area contributed by atoms with Gasteiger partial charge in [0, 0.05) is 65.1 Å². The minimum atomic E-state index is -0.598. The van der Waals surface area contributed by atoms with Crippen molar-refractivity contribution in [2.45, 2.75) is 156 Å². The molecule has 608 valence electrons. The van der Waals surface area contributed by atoms with Gasteiger partial charge in [0.1, 0.15) is 28.3 Å². The number of anilines is 4. The number of nitrogens with zero attached hydrogens (tertiary/aromatic N) is 4. The third-order valence-corrected chi connectivity index (χ3v) is 20.6. The highest BCUT2D eigenvalue weighted by Gasteiger charge is 2.41. The van der Waals surface area contributed by atoms with E-state index >= 15 is 0 Å². The number of amides is 5. The van der Waals surface area contributed by atoms with E-state index in [4.69, 9.17) is 23.2 Å². The molecular formula is C97H104Cl2F3N9O6. The van der Waals surface area contributed by atoms with Gasteiger partial charge in [-0.05, 0) is 245 Å². The van der Waals surface area contributed by atoms with Crippen LogP contribution in [-0.4, -0.2) is 67.7 Å². The van der Waals surface area contributed by atoms with E-state index in [-0.39, 0.29) is 79.9 Å². The van der Waals surface area contributed by atoms with Gasteiger partial charge in [-0.25, -0.2) is 18.2 Å². The highest BCUT2D eigenvalue weighted by molar-refractivity contribution is 6.67. The minimum Gasteiger partial charge on any atom is -0.329 e. The molecule has 0 spiro atoms. The SMILES string of the molecule is CC(C)(C)c1cccc(NC(=O)[C@H]2CCCN[C@H]2c2cccc(F)c2)c1.CC(C)(C)c1cccc(NC(=O)c2cccnc2-c2cccc(F)c2)c1.CC(C)(C)c1cccc(NC(=O)c2cccnc2Cl)c1.Cc1ccccc1C(=O)Cl.Cc1cccnc1C(=O)N1CCC[C@H](C(=O)Nc2cccc(C(C)(C)C)c2)[C@@H]1c1cccc(F)c1. The van der Waals surface area contributed by atoms with Crippen LogP contribution >= 0.6 is 23.2 Å². The predicted octanol–water partition coefficient (Wildman–Crippen LogP) is 23.0. The van der Waals surface area contributed by atoms with Crippen molar-refractivity contribution in [3.8, 4) is 11.3 Å². The quantitative estimate of drug-likeness (QED) is 0.0546. The zero-order chi connectivity index (χ0) is 84.9. The second kappa shape index (κ2) is 40.4. The molecule has 2 aliphatic heterocycles. The molecule has 8 aromatic carbocycles. The summed E-state index contributed by atoms with van der Waals surface area (Å²) >= 11 is 11.2. The lowest BCUT2D eigenvalue weighted by Gasteiger charge is -2.41. The predicted molar refractivity (Wildman–Crippen MR) is 466 cm³/mol. The molecule has 2 fully saturated rings. The largest absolute Gasteiger partial charge is 0.329 e. The van der Waals surface area contributed by atoms with Crippen molar-refractivity contribution < 1.29 is 41.9 Å². The van der Waals surface area contributed by atoms with Crippen molar-refractivity contribution in [1.29, 1.82) is 0 Å². The Morgan fingerprint density at radius 2 is 0.846 bits per heavy atom. The van der Waals surface area contributed by atoms with Crippen LogP contribution in [0.1, 0.15) is 207 Å². The summed E-state index contributed by atoms with van der Waals surface area (Å²) in [5, 5.41) is 15.1. The van der Waals surface area contributed by atoms with Gasteiger partial charge < -0.3 is 31.5 Å². The van der Waals surface area contributed by atoms with Gasteiger partial charge in [0.15, 0.2) is 0 Å². The number of hydrogen-bond donors (Lipinski definition) is 5. The first kappa shape index (κ1) is 89.5. The molecule has 5 amide bonds. The second-order valence-corrected chi connectivity index (χ2v) is 33.9. The first-order chi connectivity index (χ1) is 55.4. The first-order valence-electron chi connectivity index (χ1n) is 39.1. The maximum atomic E-state index is 14.3. The van der Waals surface area contributed by atoms with Crippen LogP contribution < -0.4 is 26.6 Å². The number of hydrogen-bond acceptors (Lipinski definition) is 10. The van der Waals surface area contributed by atoms with Crippen LogP contribution in [0.3, 0.4) is 0 Å². The molecule has 2 saturated heterocycles. The van der Waals surface area contributed by atoms with Crippen LogP contribution in [0.4, 0.5) is 35.9 Å². The Bertz CT molecular complexity index is 5300. The Balaban J connectivity index is 0.000000174. The summed E-state index contributed by atoms with van der Waals surface area (Å²) in [4.78, 5) is 89.9. The number of aromatic nitrogens is 3. The summed E-state index contributed by atoms with van der Waals surface area (Å²) in [6.45, 7) is 30.6. The average Bonchev–Trinajstić information content (AvgIpc) is 0.775. The van der Waals surface area contributed by atoms with Gasteiger partial charge in [-0.3, -0.25) is 38.7 Å². The third kappa shape index (κ3) is 25.5. The number of benzene rings is 8. The third-order valence-electron chi connectivity index (χ3n) is 20.1. The molecule has 0 saturated carbocycles. The number of piperidine rings is 2. The Kier molecular flexibility index (Phi) is 30.9. The molecule has 5 heterocycles. The molecule has 2 aliphatic rings. The Morgan fingerprint density at radius 3 is 1.33 bits per heavy atom. The highest BCUT2D eigenvalue weighted by Crippen LogP contribution is 2.40. The van der Waals surface area contributed by atoms with Crippen molar-refractivity contribution in [3.05, 3.63) is 339 Å². The lowest BCUT2D eigenvalue weighted by molar-refractivity contribution is -0.123. The molecule has 20 heteroatoms. The molecule has 0 radical (unpaired) electrons. The standard InChI is InChI=1S/C29H32FN3O2.C22H27FN2O.C22H21FN2O.C16H17ClN2O.C8H7ClO/c1-19-9-7-15-31-25(19)28(35)33-16-8-14-24(26(33)20-10-5-12-22(30)17-20)27(34)32-23-13-6-11-21(18-23)29(2,3)4;2*1-22(2,3)16-8-5-10-18(14-16)25-21(26)19-11-6-12-24-20(19)15-7-4-9-17(23)13-15;1-16(2,3)11-6-4-7-12(10-11)19-15(20)13-8-5-9-18-14(13)17;1-6-4-2-3-5-7(6)8(9)10/h5-7,9-13,15,17-18,24,26H,8,14,16H2,1-4H3,(H,32,34);4-5,7-10,13-14,19-20,24H,6,11-12H2,1-3H3,(H,25,26);4-14H,1-3H3,(H,25,26);4-10H,1-3H3,(H,19,20);2-5H,1H3/t24-,26-;19-,20-;;;/m00.../s1. The molecule has 4 atom stereocenters. The van der Waals surface area contributed by atoms with Gasteiger partial charge in [-0.1, -0.05) is 204 Å². The summed E-state index contributed by atoms with van der Waals surface area (Å²) in [5.74, 6) is -2.75. The smallest absolute Gasteiger partial charge is 0.273 e. The maximum absolute atomic E-state index is 14.3. The fourth-order valence-electron chi connectivity index (χ4n) is 13.6. The van der Waals surface area contributed by atoms with E-state index < -0.39 is 23.0 Å². The first-order valence-corrected chi connectivity index (χ1v) is 39.9. The number of aryl methyl sites for hydroxylation is 2. The summed E-state index contributed by atoms with van der Waals surface area (Å²) in [6.07, 6.45) is 7.73. The topological polar surface area (TPSA) is 204 Å². The molecule has 13 rings (SSSR count). The lowest BCUT2D eigenvalue weighted by atomic mass is 9.83. The molecular weight excluding hydrogens is 1520 g/mol. The van der Waals surface area contributed by atoms with E-state index in [1.807, 2.05) is 129 Å². The Labute approximate surface area is 696 Å². The van der Waals surface area contributed by atoms with E-state index in [9.17, 15) is 41.9 Å². The Morgan fingerprint density at radius 1 is 0.427 bits per heavy atom. The van der Waals surface area contributed by atoms with E-state index in [1.165, 1.54) is 42.0 Å². The van der Waals surface area contributed by atoms with Crippen molar-refractivity contribution in [1.82, 2.24) is 25.2 Å². The second-order valence-electron chi connectivity index (χ2n) is 33.2. The number of nitrogens with one attached hydrogen (secondary N) is 5. The van der Waals surface area contributed by atoms with E-state index in [0.717, 1.165) is 69.8 Å². The molecule has 15 nitrogen and oxygen atoms in total. The molecule has 0 bridgehead atoms. The molecule has 11 aromatic rings. The van der Waals surface area contributed by atoms with Gasteiger partial charge in [0.2, 0.25) is 11.8 Å². The fourth-order valence-corrected chi connectivity index (χ4v) is 14.0. The Hall–Kier alpha value is -11.4. The number of carbonyl (C=O) groups excluding carboxylic acids is 6.